The number of hydrogen-bond acceptors (Lipinski definition) is 2. The smallest absolute Gasteiger partial charge is 0.142 e. The van der Waals surface area contributed by atoms with Crippen LogP contribution in [0.1, 0.15) is 5.69 Å². The van der Waals surface area contributed by atoms with E-state index in [0.29, 0.717) is 16.9 Å². The Hall–Kier alpha value is -1.55. The molecule has 0 aliphatic rings. The standard InChI is InChI=1S/C11H11ClFN3/c1-6-9(11(14)16(2)15-6)7-4-3-5-8(13)10(7)12/h3-5H,14H2,1-2H3. The largest absolute Gasteiger partial charge is 0.383 e. The Morgan fingerprint density at radius 3 is 2.69 bits per heavy atom. The summed E-state index contributed by atoms with van der Waals surface area (Å²) in [5.41, 5.74) is 7.86. The van der Waals surface area contributed by atoms with Crippen LogP contribution in [0.4, 0.5) is 10.2 Å². The highest BCUT2D eigenvalue weighted by Gasteiger charge is 2.16. The monoisotopic (exact) mass is 239 g/mol. The Morgan fingerprint density at radius 1 is 1.44 bits per heavy atom. The lowest BCUT2D eigenvalue weighted by molar-refractivity contribution is 0.629. The predicted octanol–water partition coefficient (Wildman–Crippen LogP) is 2.77. The molecule has 1 aromatic heterocycles. The van der Waals surface area contributed by atoms with E-state index in [0.717, 1.165) is 5.69 Å². The van der Waals surface area contributed by atoms with Gasteiger partial charge in [-0.2, -0.15) is 5.10 Å². The zero-order valence-electron chi connectivity index (χ0n) is 8.96. The van der Waals surface area contributed by atoms with Crippen LogP contribution in [0, 0.1) is 12.7 Å². The fourth-order valence-corrected chi connectivity index (χ4v) is 1.93. The van der Waals surface area contributed by atoms with Crippen LogP contribution in [0.25, 0.3) is 11.1 Å². The molecule has 0 unspecified atom stereocenters. The number of benzene rings is 1. The van der Waals surface area contributed by atoms with E-state index in [1.54, 1.807) is 23.9 Å². The van der Waals surface area contributed by atoms with Gasteiger partial charge in [0.05, 0.1) is 10.7 Å². The SMILES string of the molecule is Cc1nn(C)c(N)c1-c1cccc(F)c1Cl. The van der Waals surface area contributed by atoms with Crippen LogP contribution in [0.3, 0.4) is 0 Å². The summed E-state index contributed by atoms with van der Waals surface area (Å²) in [6.07, 6.45) is 0. The summed E-state index contributed by atoms with van der Waals surface area (Å²) >= 11 is 5.91. The number of aryl methyl sites for hydroxylation is 2. The summed E-state index contributed by atoms with van der Waals surface area (Å²) in [5, 5.41) is 4.24. The lowest BCUT2D eigenvalue weighted by atomic mass is 10.1. The molecule has 0 spiro atoms. The van der Waals surface area contributed by atoms with Gasteiger partial charge in [-0.3, -0.25) is 4.68 Å². The number of rotatable bonds is 1. The molecule has 0 atom stereocenters. The van der Waals surface area contributed by atoms with Gasteiger partial charge in [-0.15, -0.1) is 0 Å². The number of hydrogen-bond donors (Lipinski definition) is 1. The highest BCUT2D eigenvalue weighted by Crippen LogP contribution is 2.35. The molecule has 0 saturated heterocycles. The van der Waals surface area contributed by atoms with Crippen molar-refractivity contribution >= 4 is 17.4 Å². The van der Waals surface area contributed by atoms with Crippen LogP contribution < -0.4 is 5.73 Å². The van der Waals surface area contributed by atoms with Crippen molar-refractivity contribution in [3.05, 3.63) is 34.7 Å². The van der Waals surface area contributed by atoms with Gasteiger partial charge < -0.3 is 5.73 Å². The van der Waals surface area contributed by atoms with Crippen molar-refractivity contribution in [3.63, 3.8) is 0 Å². The van der Waals surface area contributed by atoms with Crippen molar-refractivity contribution in [2.75, 3.05) is 5.73 Å². The second-order valence-corrected chi connectivity index (χ2v) is 3.95. The van der Waals surface area contributed by atoms with Gasteiger partial charge in [0.1, 0.15) is 11.6 Å². The Balaban J connectivity index is 2.72. The molecule has 0 fully saturated rings. The normalized spacial score (nSPS) is 10.8. The lowest BCUT2D eigenvalue weighted by Gasteiger charge is -2.05. The molecule has 0 aliphatic carbocycles. The van der Waals surface area contributed by atoms with Gasteiger partial charge in [0, 0.05) is 18.2 Å². The molecule has 2 aromatic rings. The van der Waals surface area contributed by atoms with Gasteiger partial charge in [0.25, 0.3) is 0 Å². The van der Waals surface area contributed by atoms with Crippen LogP contribution in [0.15, 0.2) is 18.2 Å². The Labute approximate surface area is 97.6 Å². The molecule has 3 nitrogen and oxygen atoms in total. The first-order valence-corrected chi connectivity index (χ1v) is 5.13. The summed E-state index contributed by atoms with van der Waals surface area (Å²) in [6, 6.07) is 4.64. The average molecular weight is 240 g/mol. The quantitative estimate of drug-likeness (QED) is 0.832. The van der Waals surface area contributed by atoms with Crippen LogP contribution in [0.5, 0.6) is 0 Å². The van der Waals surface area contributed by atoms with E-state index in [1.807, 2.05) is 6.92 Å². The Morgan fingerprint density at radius 2 is 2.12 bits per heavy atom. The van der Waals surface area contributed by atoms with Gasteiger partial charge in [-0.25, -0.2) is 4.39 Å². The Kier molecular flexibility index (Phi) is 2.59. The summed E-state index contributed by atoms with van der Waals surface area (Å²) in [7, 11) is 1.74. The minimum absolute atomic E-state index is 0.0744. The first-order chi connectivity index (χ1) is 7.52. The fraction of sp³-hybridized carbons (Fsp3) is 0.182. The van der Waals surface area contributed by atoms with Crippen LogP contribution in [-0.4, -0.2) is 9.78 Å². The first kappa shape index (κ1) is 11.0. The second kappa shape index (κ2) is 3.79. The summed E-state index contributed by atoms with van der Waals surface area (Å²) in [6.45, 7) is 1.81. The van der Waals surface area contributed by atoms with Crippen molar-refractivity contribution in [3.8, 4) is 11.1 Å². The number of nitrogens with two attached hydrogens (primary N) is 1. The van der Waals surface area contributed by atoms with E-state index < -0.39 is 5.82 Å². The van der Waals surface area contributed by atoms with Gasteiger partial charge in [0.2, 0.25) is 0 Å². The Bertz CT molecular complexity index is 548. The minimum Gasteiger partial charge on any atom is -0.383 e. The molecule has 5 heteroatoms. The maximum absolute atomic E-state index is 13.3. The zero-order chi connectivity index (χ0) is 11.9. The van der Waals surface area contributed by atoms with E-state index in [9.17, 15) is 4.39 Å². The number of nitrogens with zero attached hydrogens (tertiary/aromatic N) is 2. The molecule has 0 radical (unpaired) electrons. The molecule has 1 heterocycles. The summed E-state index contributed by atoms with van der Waals surface area (Å²) in [5.74, 6) is 0.0202. The van der Waals surface area contributed by atoms with Crippen molar-refractivity contribution in [2.24, 2.45) is 7.05 Å². The van der Waals surface area contributed by atoms with Gasteiger partial charge >= 0.3 is 0 Å². The molecule has 16 heavy (non-hydrogen) atoms. The molecule has 2 N–H and O–H groups in total. The van der Waals surface area contributed by atoms with Crippen molar-refractivity contribution in [2.45, 2.75) is 6.92 Å². The van der Waals surface area contributed by atoms with E-state index in [1.165, 1.54) is 6.07 Å². The lowest BCUT2D eigenvalue weighted by Crippen LogP contribution is -1.98. The van der Waals surface area contributed by atoms with Crippen molar-refractivity contribution < 1.29 is 4.39 Å². The van der Waals surface area contributed by atoms with Gasteiger partial charge in [0.15, 0.2) is 0 Å². The van der Waals surface area contributed by atoms with Gasteiger partial charge in [-0.1, -0.05) is 23.7 Å². The highest BCUT2D eigenvalue weighted by atomic mass is 35.5. The first-order valence-electron chi connectivity index (χ1n) is 4.76. The van der Waals surface area contributed by atoms with Crippen molar-refractivity contribution in [1.29, 1.82) is 0 Å². The summed E-state index contributed by atoms with van der Waals surface area (Å²) < 4.78 is 14.9. The van der Waals surface area contributed by atoms with Crippen LogP contribution in [0.2, 0.25) is 5.02 Å². The summed E-state index contributed by atoms with van der Waals surface area (Å²) in [4.78, 5) is 0. The van der Waals surface area contributed by atoms with E-state index in [2.05, 4.69) is 5.10 Å². The van der Waals surface area contributed by atoms with E-state index >= 15 is 0 Å². The molecule has 1 aromatic carbocycles. The average Bonchev–Trinajstić information content (AvgIpc) is 2.47. The number of aromatic nitrogens is 2. The van der Waals surface area contributed by atoms with Crippen LogP contribution >= 0.6 is 11.6 Å². The highest BCUT2D eigenvalue weighted by molar-refractivity contribution is 6.33. The van der Waals surface area contributed by atoms with E-state index in [4.69, 9.17) is 17.3 Å². The second-order valence-electron chi connectivity index (χ2n) is 3.57. The molecule has 0 aliphatic heterocycles. The zero-order valence-corrected chi connectivity index (χ0v) is 9.72. The molecular weight excluding hydrogens is 229 g/mol. The molecular formula is C11H11ClFN3. The van der Waals surface area contributed by atoms with E-state index in [-0.39, 0.29) is 5.02 Å². The number of halogens is 2. The molecule has 84 valence electrons. The third-order valence-electron chi connectivity index (χ3n) is 2.49. The topological polar surface area (TPSA) is 43.8 Å². The maximum Gasteiger partial charge on any atom is 0.142 e. The fourth-order valence-electron chi connectivity index (χ4n) is 1.71. The molecule has 2 rings (SSSR count). The van der Waals surface area contributed by atoms with Gasteiger partial charge in [-0.05, 0) is 13.0 Å². The van der Waals surface area contributed by atoms with Crippen molar-refractivity contribution in [1.82, 2.24) is 9.78 Å². The maximum atomic E-state index is 13.3. The third-order valence-corrected chi connectivity index (χ3v) is 2.87. The number of anilines is 1. The molecule has 0 amide bonds. The molecule has 0 bridgehead atoms. The third kappa shape index (κ3) is 1.55. The molecule has 0 saturated carbocycles. The minimum atomic E-state index is -0.457. The predicted molar refractivity (Wildman–Crippen MR) is 62.8 cm³/mol. The number of nitrogen functional groups attached to an aromatic ring is 1. The van der Waals surface area contributed by atoms with Crippen LogP contribution in [-0.2, 0) is 7.05 Å².